The minimum Gasteiger partial charge on any atom is -0.486 e. The molecule has 1 aliphatic heterocycles. The molecule has 8 N–H and O–H groups in total. The van der Waals surface area contributed by atoms with Crippen molar-refractivity contribution in [1.29, 1.82) is 0 Å². The van der Waals surface area contributed by atoms with Gasteiger partial charge < -0.3 is 51.8 Å². The van der Waals surface area contributed by atoms with Crippen LogP contribution in [0.3, 0.4) is 0 Å². The van der Waals surface area contributed by atoms with Crippen molar-refractivity contribution in [3.8, 4) is 17.0 Å². The summed E-state index contributed by atoms with van der Waals surface area (Å²) in [6.07, 6.45) is 9.57. The first-order valence-corrected chi connectivity index (χ1v) is 28.5. The summed E-state index contributed by atoms with van der Waals surface area (Å²) < 4.78 is 79.8. The standard InChI is InChI=1S/C56H64BrF3N14O6S/c1-35-42(31-38(58)32-47(35)69-55(77)41-18-13-37(30-45(41)60)36-11-12-36)50-51(52(61)65-34-64-50)80-29-28-72(3)48(75)10-5-20-71(2)21-7-23-74-26-24-73(25-27-74)22-6-19-66-81(78,79)40-16-14-39(15-17-40)67-56-63-33-43(57)54(70-56)68-46-9-4-8-44(59)49(46)53(62)76/h4-5,8-10,13-18,30-34,36,66H,6-7,11-12,19-29H2,1-3H3,(H2,62,76)(H,69,77)(H2,61,64,65)(H2,63,67,68,70)/b10-5+. The highest BCUT2D eigenvalue weighted by Crippen LogP contribution is 2.41. The van der Waals surface area contributed by atoms with Gasteiger partial charge in [0, 0.05) is 75.5 Å². The van der Waals surface area contributed by atoms with E-state index in [1.165, 1.54) is 66.0 Å². The maximum absolute atomic E-state index is 15.1. The molecule has 0 unspecified atom stereocenters. The molecule has 8 rings (SSSR count). The van der Waals surface area contributed by atoms with Gasteiger partial charge in [-0.2, -0.15) is 4.98 Å². The molecule has 3 amide bonds. The summed E-state index contributed by atoms with van der Waals surface area (Å²) in [6, 6.07) is 17.1. The number of carbonyl (C=O) groups excluding carboxylic acids is 3. The Morgan fingerprint density at radius 2 is 1.60 bits per heavy atom. The number of aromatic nitrogens is 4. The number of anilines is 6. The fraction of sp³-hybridized carbons (Fsp3) is 0.339. The number of sulfonamides is 1. The van der Waals surface area contributed by atoms with Crippen molar-refractivity contribution < 1.29 is 40.7 Å². The molecule has 4 aromatic carbocycles. The highest BCUT2D eigenvalue weighted by molar-refractivity contribution is 9.10. The summed E-state index contributed by atoms with van der Waals surface area (Å²) in [4.78, 5) is 63.6. The molecule has 2 fully saturated rings. The number of benzene rings is 4. The topological polar surface area (TPSA) is 259 Å². The Labute approximate surface area is 476 Å². The minimum atomic E-state index is -3.77. The lowest BCUT2D eigenvalue weighted by molar-refractivity contribution is -0.125. The summed E-state index contributed by atoms with van der Waals surface area (Å²) in [5, 5.41) is 8.56. The Bertz CT molecular complexity index is 3390. The third kappa shape index (κ3) is 16.1. The molecular formula is C56H64BrF3N14O6S. The summed E-state index contributed by atoms with van der Waals surface area (Å²) >= 11 is 3.35. The molecule has 1 saturated heterocycles. The number of halogens is 4. The van der Waals surface area contributed by atoms with Crippen LogP contribution >= 0.6 is 15.9 Å². The number of amides is 3. The van der Waals surface area contributed by atoms with E-state index in [1.807, 2.05) is 13.1 Å². The van der Waals surface area contributed by atoms with Gasteiger partial charge in [-0.05, 0) is 153 Å². The average Bonchev–Trinajstić information content (AvgIpc) is 4.31. The molecule has 0 radical (unpaired) electrons. The fourth-order valence-electron chi connectivity index (χ4n) is 9.06. The number of piperazine rings is 1. The number of rotatable bonds is 26. The second-order valence-electron chi connectivity index (χ2n) is 19.8. The van der Waals surface area contributed by atoms with Crippen molar-refractivity contribution in [2.45, 2.75) is 43.4 Å². The van der Waals surface area contributed by atoms with E-state index in [4.69, 9.17) is 16.2 Å². The molecule has 0 bridgehead atoms. The molecule has 6 aromatic rings. The van der Waals surface area contributed by atoms with Gasteiger partial charge in [0.15, 0.2) is 11.6 Å². The number of hydrogen-bond donors (Lipinski definition) is 6. The maximum Gasteiger partial charge on any atom is 0.258 e. The molecule has 20 nitrogen and oxygen atoms in total. The van der Waals surface area contributed by atoms with Crippen molar-refractivity contribution in [3.63, 3.8) is 0 Å². The van der Waals surface area contributed by atoms with Gasteiger partial charge in [-0.1, -0.05) is 18.2 Å². The van der Waals surface area contributed by atoms with Crippen LogP contribution in [0.1, 0.15) is 63.4 Å². The molecule has 0 atom stereocenters. The van der Waals surface area contributed by atoms with Crippen LogP contribution in [0.2, 0.25) is 0 Å². The SMILES string of the molecule is Cc1c(NC(=O)c2ccc(C3CC3)cc2F)cc(F)cc1-c1ncnc(N)c1OCCN(C)C(=O)/C=C/CN(C)CCCN1CCN(CCCNS(=O)(=O)c2ccc(Nc3ncc(Br)c(Nc4cccc(F)c4C(N)=O)n3)cc2)CC1. The van der Waals surface area contributed by atoms with Crippen LogP contribution in [0.25, 0.3) is 11.3 Å². The Balaban J connectivity index is 0.699. The van der Waals surface area contributed by atoms with Gasteiger partial charge >= 0.3 is 0 Å². The van der Waals surface area contributed by atoms with Crippen LogP contribution in [0.5, 0.6) is 5.75 Å². The number of nitrogens with two attached hydrogens (primary N) is 2. The number of nitrogens with zero attached hydrogens (tertiary/aromatic N) is 8. The minimum absolute atomic E-state index is 0.00260. The normalized spacial score (nSPS) is 14.1. The molecular weight excluding hydrogens is 1130 g/mol. The van der Waals surface area contributed by atoms with Crippen molar-refractivity contribution in [3.05, 3.63) is 142 Å². The molecule has 25 heteroatoms. The summed E-state index contributed by atoms with van der Waals surface area (Å²) in [7, 11) is -0.129. The third-order valence-electron chi connectivity index (χ3n) is 13.8. The van der Waals surface area contributed by atoms with Gasteiger partial charge in [0.1, 0.15) is 41.9 Å². The van der Waals surface area contributed by atoms with E-state index in [0.29, 0.717) is 34.6 Å². The van der Waals surface area contributed by atoms with Crippen LogP contribution < -0.4 is 36.9 Å². The molecule has 428 valence electrons. The first-order chi connectivity index (χ1) is 38.8. The number of hydrogen-bond acceptors (Lipinski definition) is 16. The fourth-order valence-corrected chi connectivity index (χ4v) is 10.4. The quantitative estimate of drug-likeness (QED) is 0.0228. The van der Waals surface area contributed by atoms with Gasteiger partial charge in [0.2, 0.25) is 21.9 Å². The van der Waals surface area contributed by atoms with Crippen LogP contribution in [-0.2, 0) is 14.8 Å². The van der Waals surface area contributed by atoms with Gasteiger partial charge in [-0.25, -0.2) is 41.3 Å². The smallest absolute Gasteiger partial charge is 0.258 e. The first-order valence-electron chi connectivity index (χ1n) is 26.3. The lowest BCUT2D eigenvalue weighted by atomic mass is 10.0. The number of likely N-dealkylation sites (N-methyl/N-ethyl adjacent to an activating group) is 2. The van der Waals surface area contributed by atoms with Gasteiger partial charge in [-0.15, -0.1) is 0 Å². The van der Waals surface area contributed by atoms with E-state index in [2.05, 4.69) is 71.2 Å². The van der Waals surface area contributed by atoms with Crippen LogP contribution in [0.4, 0.5) is 47.8 Å². The molecule has 3 heterocycles. The average molecular weight is 1200 g/mol. The number of ether oxygens (including phenoxy) is 1. The van der Waals surface area contributed by atoms with E-state index in [1.54, 1.807) is 32.2 Å². The highest BCUT2D eigenvalue weighted by Gasteiger charge is 2.26. The highest BCUT2D eigenvalue weighted by atomic mass is 79.9. The van der Waals surface area contributed by atoms with Crippen molar-refractivity contribution in [2.24, 2.45) is 5.73 Å². The molecule has 2 aliphatic rings. The zero-order valence-corrected chi connectivity index (χ0v) is 47.4. The first kappa shape index (κ1) is 59.6. The lowest BCUT2D eigenvalue weighted by Gasteiger charge is -2.35. The lowest BCUT2D eigenvalue weighted by Crippen LogP contribution is -2.47. The molecule has 2 aromatic heterocycles. The number of nitrogens with one attached hydrogen (secondary N) is 4. The number of primary amides is 1. The van der Waals surface area contributed by atoms with Crippen LogP contribution in [0, 0.1) is 24.4 Å². The Kier molecular flexibility index (Phi) is 20.1. The predicted molar refractivity (Wildman–Crippen MR) is 308 cm³/mol. The van der Waals surface area contributed by atoms with E-state index in [0.717, 1.165) is 82.8 Å². The van der Waals surface area contributed by atoms with Gasteiger partial charge in [0.05, 0.1) is 32.7 Å². The van der Waals surface area contributed by atoms with Crippen LogP contribution in [0.15, 0.2) is 107 Å². The third-order valence-corrected chi connectivity index (χ3v) is 15.9. The van der Waals surface area contributed by atoms with Gasteiger partial charge in [0.25, 0.3) is 11.8 Å². The molecule has 0 spiro atoms. The van der Waals surface area contributed by atoms with Crippen molar-refractivity contribution in [1.82, 2.24) is 44.3 Å². The zero-order chi connectivity index (χ0) is 57.8. The Morgan fingerprint density at radius 3 is 2.31 bits per heavy atom. The Morgan fingerprint density at radius 1 is 0.877 bits per heavy atom. The maximum atomic E-state index is 15.1. The molecule has 1 aliphatic carbocycles. The zero-order valence-electron chi connectivity index (χ0n) is 45.0. The number of nitrogen functional groups attached to an aromatic ring is 1. The summed E-state index contributed by atoms with van der Waals surface area (Å²) in [5.74, 6) is -3.22. The van der Waals surface area contributed by atoms with E-state index >= 15 is 4.39 Å². The van der Waals surface area contributed by atoms with Crippen LogP contribution in [-0.4, -0.2) is 152 Å². The van der Waals surface area contributed by atoms with E-state index < -0.39 is 39.3 Å². The number of carbonyl (C=O) groups is 3. The van der Waals surface area contributed by atoms with E-state index in [-0.39, 0.29) is 87.6 Å². The largest absolute Gasteiger partial charge is 0.486 e. The monoisotopic (exact) mass is 1200 g/mol. The second-order valence-corrected chi connectivity index (χ2v) is 22.4. The summed E-state index contributed by atoms with van der Waals surface area (Å²) in [5.41, 5.74) is 13.6. The predicted octanol–water partition coefficient (Wildman–Crippen LogP) is 7.42. The van der Waals surface area contributed by atoms with Gasteiger partial charge in [-0.3, -0.25) is 14.4 Å². The Hall–Kier alpha value is -7.55. The van der Waals surface area contributed by atoms with Crippen molar-refractivity contribution in [2.75, 3.05) is 108 Å². The molecule has 1 saturated carbocycles. The molecule has 81 heavy (non-hydrogen) atoms. The van der Waals surface area contributed by atoms with Crippen molar-refractivity contribution >= 4 is 78.3 Å². The second kappa shape index (κ2) is 27.3. The summed E-state index contributed by atoms with van der Waals surface area (Å²) in [6.45, 7) is 8.78. The van der Waals surface area contributed by atoms with E-state index in [9.17, 15) is 31.6 Å².